The summed E-state index contributed by atoms with van der Waals surface area (Å²) in [5, 5.41) is 14.6. The first kappa shape index (κ1) is 21.4. The number of nitro benzene ring substituents is 1. The molecule has 1 heterocycles. The van der Waals surface area contributed by atoms with E-state index in [0.29, 0.717) is 41.0 Å². The maximum Gasteiger partial charge on any atom is 0.270 e. The van der Waals surface area contributed by atoms with Gasteiger partial charge < -0.3 is 15.0 Å². The van der Waals surface area contributed by atoms with Gasteiger partial charge in [0.05, 0.1) is 38.9 Å². The second-order valence-electron chi connectivity index (χ2n) is 6.78. The summed E-state index contributed by atoms with van der Waals surface area (Å²) in [5.41, 5.74) is 1.85. The molecule has 7 nitrogen and oxygen atoms in total. The van der Waals surface area contributed by atoms with Crippen LogP contribution >= 0.6 is 23.2 Å². The zero-order chi connectivity index (χ0) is 21.0. The van der Waals surface area contributed by atoms with Crippen molar-refractivity contribution in [3.8, 4) is 0 Å². The lowest BCUT2D eigenvalue weighted by atomic mass is 10.0. The van der Waals surface area contributed by atoms with Gasteiger partial charge in [-0.1, -0.05) is 29.3 Å². The molecule has 0 bridgehead atoms. The smallest absolute Gasteiger partial charge is 0.270 e. The SMILES string of the molecule is CNC(=O)c1cc([N+](=O)[O-])ccc1N1CCC(OCc2ccc(Cl)c(Cl)c2)CC1. The van der Waals surface area contributed by atoms with E-state index in [9.17, 15) is 14.9 Å². The Morgan fingerprint density at radius 3 is 2.55 bits per heavy atom. The molecule has 0 aromatic heterocycles. The Bertz CT molecular complexity index is 915. The lowest BCUT2D eigenvalue weighted by Crippen LogP contribution is -2.38. The maximum atomic E-state index is 12.2. The Balaban J connectivity index is 1.63. The van der Waals surface area contributed by atoms with Gasteiger partial charge >= 0.3 is 0 Å². The summed E-state index contributed by atoms with van der Waals surface area (Å²) in [4.78, 5) is 24.8. The number of piperidine rings is 1. The van der Waals surface area contributed by atoms with Gasteiger partial charge in [0, 0.05) is 32.3 Å². The topological polar surface area (TPSA) is 84.7 Å². The normalized spacial score (nSPS) is 14.7. The van der Waals surface area contributed by atoms with E-state index in [4.69, 9.17) is 27.9 Å². The van der Waals surface area contributed by atoms with E-state index in [1.807, 2.05) is 6.07 Å². The number of anilines is 1. The lowest BCUT2D eigenvalue weighted by molar-refractivity contribution is -0.384. The molecule has 1 fully saturated rings. The van der Waals surface area contributed by atoms with E-state index in [-0.39, 0.29) is 17.7 Å². The van der Waals surface area contributed by atoms with E-state index in [1.54, 1.807) is 18.2 Å². The number of ether oxygens (including phenoxy) is 1. The molecule has 1 aliphatic heterocycles. The molecule has 0 aliphatic carbocycles. The van der Waals surface area contributed by atoms with Gasteiger partial charge in [-0.25, -0.2) is 0 Å². The molecule has 1 amide bonds. The zero-order valence-electron chi connectivity index (χ0n) is 15.9. The molecule has 29 heavy (non-hydrogen) atoms. The van der Waals surface area contributed by atoms with E-state index in [1.165, 1.54) is 19.2 Å². The van der Waals surface area contributed by atoms with Gasteiger partial charge in [0.15, 0.2) is 0 Å². The van der Waals surface area contributed by atoms with Crippen LogP contribution in [0.4, 0.5) is 11.4 Å². The van der Waals surface area contributed by atoms with Crippen molar-refractivity contribution in [2.45, 2.75) is 25.6 Å². The van der Waals surface area contributed by atoms with Crippen LogP contribution in [-0.2, 0) is 11.3 Å². The first-order chi connectivity index (χ1) is 13.9. The number of nitrogens with zero attached hydrogens (tertiary/aromatic N) is 2. The van der Waals surface area contributed by atoms with Crippen molar-refractivity contribution in [3.63, 3.8) is 0 Å². The largest absolute Gasteiger partial charge is 0.373 e. The lowest BCUT2D eigenvalue weighted by Gasteiger charge is -2.34. The molecule has 0 unspecified atom stereocenters. The first-order valence-electron chi connectivity index (χ1n) is 9.20. The van der Waals surface area contributed by atoms with Crippen molar-refractivity contribution < 1.29 is 14.5 Å². The highest BCUT2D eigenvalue weighted by atomic mass is 35.5. The third-order valence-electron chi connectivity index (χ3n) is 4.92. The number of halogens is 2. The Hall–Kier alpha value is -2.35. The van der Waals surface area contributed by atoms with E-state index < -0.39 is 4.92 Å². The second-order valence-corrected chi connectivity index (χ2v) is 7.60. The molecular formula is C20H21Cl2N3O4. The van der Waals surface area contributed by atoms with Crippen LogP contribution in [0.1, 0.15) is 28.8 Å². The molecule has 0 saturated carbocycles. The average Bonchev–Trinajstić information content (AvgIpc) is 2.74. The van der Waals surface area contributed by atoms with Crippen LogP contribution in [-0.4, -0.2) is 37.1 Å². The van der Waals surface area contributed by atoms with Crippen molar-refractivity contribution in [2.24, 2.45) is 0 Å². The zero-order valence-corrected chi connectivity index (χ0v) is 17.4. The molecule has 3 rings (SSSR count). The molecule has 1 N–H and O–H groups in total. The third kappa shape index (κ3) is 5.18. The van der Waals surface area contributed by atoms with Gasteiger partial charge in [-0.05, 0) is 36.6 Å². The minimum Gasteiger partial charge on any atom is -0.373 e. The Kier molecular flexibility index (Phi) is 6.95. The van der Waals surface area contributed by atoms with E-state index in [0.717, 1.165) is 18.4 Å². The number of non-ortho nitro benzene ring substituents is 1. The monoisotopic (exact) mass is 437 g/mol. The number of rotatable bonds is 6. The van der Waals surface area contributed by atoms with Crippen LogP contribution in [0.3, 0.4) is 0 Å². The average molecular weight is 438 g/mol. The minimum atomic E-state index is -0.501. The fourth-order valence-corrected chi connectivity index (χ4v) is 3.66. The fraction of sp³-hybridized carbons (Fsp3) is 0.350. The number of nitrogens with one attached hydrogen (secondary N) is 1. The van der Waals surface area contributed by atoms with Crippen LogP contribution < -0.4 is 10.2 Å². The molecule has 0 radical (unpaired) electrons. The Morgan fingerprint density at radius 2 is 1.93 bits per heavy atom. The van der Waals surface area contributed by atoms with E-state index in [2.05, 4.69) is 10.2 Å². The summed E-state index contributed by atoms with van der Waals surface area (Å²) in [6, 6.07) is 9.82. The minimum absolute atomic E-state index is 0.0854. The number of nitro groups is 1. The summed E-state index contributed by atoms with van der Waals surface area (Å²) in [7, 11) is 1.51. The summed E-state index contributed by atoms with van der Waals surface area (Å²) < 4.78 is 6.00. The number of amides is 1. The summed E-state index contributed by atoms with van der Waals surface area (Å²) in [6.45, 7) is 1.82. The molecule has 1 aliphatic rings. The molecule has 0 spiro atoms. The first-order valence-corrected chi connectivity index (χ1v) is 9.95. The number of benzene rings is 2. The molecule has 154 valence electrons. The van der Waals surface area contributed by atoms with Crippen molar-refractivity contribution in [1.29, 1.82) is 0 Å². The van der Waals surface area contributed by atoms with Crippen LogP contribution in [0.5, 0.6) is 0 Å². The number of hydrogen-bond acceptors (Lipinski definition) is 5. The summed E-state index contributed by atoms with van der Waals surface area (Å²) >= 11 is 12.0. The van der Waals surface area contributed by atoms with Gasteiger partial charge in [0.25, 0.3) is 11.6 Å². The van der Waals surface area contributed by atoms with Crippen LogP contribution in [0.15, 0.2) is 36.4 Å². The van der Waals surface area contributed by atoms with Crippen molar-refractivity contribution in [3.05, 3.63) is 67.7 Å². The Labute approximate surface area is 178 Å². The Morgan fingerprint density at radius 1 is 1.21 bits per heavy atom. The van der Waals surface area contributed by atoms with Crippen LogP contribution in [0.25, 0.3) is 0 Å². The van der Waals surface area contributed by atoms with E-state index >= 15 is 0 Å². The van der Waals surface area contributed by atoms with Crippen molar-refractivity contribution >= 4 is 40.5 Å². The number of carbonyl (C=O) groups is 1. The molecule has 1 saturated heterocycles. The van der Waals surface area contributed by atoms with Gasteiger partial charge in [-0.2, -0.15) is 0 Å². The number of hydrogen-bond donors (Lipinski definition) is 1. The highest BCUT2D eigenvalue weighted by molar-refractivity contribution is 6.42. The molecule has 0 atom stereocenters. The summed E-state index contributed by atoms with van der Waals surface area (Å²) in [5.74, 6) is -0.346. The number of carbonyl (C=O) groups excluding carboxylic acids is 1. The maximum absolute atomic E-state index is 12.2. The fourth-order valence-electron chi connectivity index (χ4n) is 3.34. The molecular weight excluding hydrogens is 417 g/mol. The highest BCUT2D eigenvalue weighted by Crippen LogP contribution is 2.29. The standard InChI is InChI=1S/C20H21Cl2N3O4/c1-23-20(26)16-11-14(25(27)28)3-5-19(16)24-8-6-15(7-9-24)29-12-13-2-4-17(21)18(22)10-13/h2-5,10-11,15H,6-9,12H2,1H3,(H,23,26). The molecule has 2 aromatic rings. The highest BCUT2D eigenvalue weighted by Gasteiger charge is 2.25. The second kappa shape index (κ2) is 9.43. The predicted molar refractivity (Wildman–Crippen MR) is 113 cm³/mol. The van der Waals surface area contributed by atoms with Gasteiger partial charge in [-0.15, -0.1) is 0 Å². The molecule has 2 aromatic carbocycles. The van der Waals surface area contributed by atoms with Crippen LogP contribution in [0.2, 0.25) is 10.0 Å². The van der Waals surface area contributed by atoms with Gasteiger partial charge in [-0.3, -0.25) is 14.9 Å². The van der Waals surface area contributed by atoms with Gasteiger partial charge in [0.2, 0.25) is 0 Å². The third-order valence-corrected chi connectivity index (χ3v) is 5.65. The summed E-state index contributed by atoms with van der Waals surface area (Å²) in [6.07, 6.45) is 1.65. The van der Waals surface area contributed by atoms with Crippen molar-refractivity contribution in [2.75, 3.05) is 25.0 Å². The van der Waals surface area contributed by atoms with Crippen LogP contribution in [0, 0.1) is 10.1 Å². The predicted octanol–water partition coefficient (Wildman–Crippen LogP) is 4.45. The van der Waals surface area contributed by atoms with Crippen molar-refractivity contribution in [1.82, 2.24) is 5.32 Å². The van der Waals surface area contributed by atoms with Gasteiger partial charge in [0.1, 0.15) is 0 Å². The quantitative estimate of drug-likeness (QED) is 0.532. The molecule has 9 heteroatoms.